The van der Waals surface area contributed by atoms with Crippen LogP contribution < -0.4 is 4.74 Å². The van der Waals surface area contributed by atoms with Gasteiger partial charge in [-0.1, -0.05) is 13.8 Å². The second kappa shape index (κ2) is 6.16. The molecule has 1 unspecified atom stereocenters. The first-order chi connectivity index (χ1) is 8.41. The third-order valence-electron chi connectivity index (χ3n) is 3.24. The Hall–Kier alpha value is -1.13. The Morgan fingerprint density at radius 2 is 1.94 bits per heavy atom. The van der Waals surface area contributed by atoms with Crippen LogP contribution in [0, 0.1) is 5.82 Å². The van der Waals surface area contributed by atoms with Crippen LogP contribution in [0.1, 0.15) is 45.3 Å². The lowest BCUT2D eigenvalue weighted by Gasteiger charge is -2.26. The van der Waals surface area contributed by atoms with E-state index in [9.17, 15) is 14.6 Å². The monoisotopic (exact) mass is 256 g/mol. The summed E-state index contributed by atoms with van der Waals surface area (Å²) in [5.41, 5.74) is -0.395. The van der Waals surface area contributed by atoms with Gasteiger partial charge in [-0.3, -0.25) is 0 Å². The minimum absolute atomic E-state index is 0.0865. The molecule has 4 heteroatoms. The normalized spacial score (nSPS) is 13.4. The van der Waals surface area contributed by atoms with E-state index >= 15 is 0 Å². The summed E-state index contributed by atoms with van der Waals surface area (Å²) in [6, 6.07) is 4.00. The van der Waals surface area contributed by atoms with Crippen molar-refractivity contribution in [3.63, 3.8) is 0 Å². The van der Waals surface area contributed by atoms with Crippen LogP contribution in [0.3, 0.4) is 0 Å². The molecule has 0 aromatic heterocycles. The van der Waals surface area contributed by atoms with Crippen molar-refractivity contribution < 1.29 is 19.3 Å². The Bertz CT molecular complexity index is 387. The van der Waals surface area contributed by atoms with E-state index in [-0.39, 0.29) is 12.4 Å². The number of halogens is 1. The largest absolute Gasteiger partial charge is 0.490 e. The van der Waals surface area contributed by atoms with Crippen molar-refractivity contribution in [2.45, 2.75) is 45.3 Å². The maximum Gasteiger partial charge on any atom is 0.128 e. The van der Waals surface area contributed by atoms with Gasteiger partial charge in [0.15, 0.2) is 0 Å². The van der Waals surface area contributed by atoms with E-state index < -0.39 is 17.5 Å². The Labute approximate surface area is 107 Å². The number of aliphatic hydroxyl groups excluding tert-OH is 1. The van der Waals surface area contributed by atoms with E-state index in [1.165, 1.54) is 18.2 Å². The van der Waals surface area contributed by atoms with Gasteiger partial charge in [-0.15, -0.1) is 0 Å². The highest BCUT2D eigenvalue weighted by Gasteiger charge is 2.24. The van der Waals surface area contributed by atoms with Crippen LogP contribution in [0.15, 0.2) is 18.2 Å². The maximum absolute atomic E-state index is 13.2. The zero-order valence-corrected chi connectivity index (χ0v) is 11.1. The fraction of sp³-hybridized carbons (Fsp3) is 0.571. The Kier molecular flexibility index (Phi) is 5.11. The molecule has 0 aliphatic heterocycles. The number of rotatable bonds is 6. The molecule has 0 aliphatic carbocycles. The fourth-order valence-electron chi connectivity index (χ4n) is 1.64. The number of hydrogen-bond donors (Lipinski definition) is 2. The molecule has 0 spiro atoms. The maximum atomic E-state index is 13.2. The summed E-state index contributed by atoms with van der Waals surface area (Å²) in [6.45, 7) is 5.41. The molecule has 1 atom stereocenters. The van der Waals surface area contributed by atoms with Crippen LogP contribution >= 0.6 is 0 Å². The Balaban J connectivity index is 2.86. The first-order valence-electron chi connectivity index (χ1n) is 6.24. The van der Waals surface area contributed by atoms with Crippen LogP contribution in [0.4, 0.5) is 4.39 Å². The van der Waals surface area contributed by atoms with Gasteiger partial charge in [0.25, 0.3) is 0 Å². The highest BCUT2D eigenvalue weighted by molar-refractivity contribution is 5.35. The summed E-state index contributed by atoms with van der Waals surface area (Å²) < 4.78 is 18.6. The second-order valence-electron chi connectivity index (χ2n) is 4.58. The highest BCUT2D eigenvalue weighted by atomic mass is 19.1. The van der Waals surface area contributed by atoms with Crippen molar-refractivity contribution in [2.24, 2.45) is 0 Å². The SMILES string of the molecule is CCC(O)(CC)COc1cc(F)ccc1C(C)O. The molecule has 0 saturated heterocycles. The van der Waals surface area contributed by atoms with Crippen LogP contribution in [0.5, 0.6) is 5.75 Å². The van der Waals surface area contributed by atoms with Crippen LogP contribution in [-0.2, 0) is 0 Å². The number of ether oxygens (including phenoxy) is 1. The van der Waals surface area contributed by atoms with Gasteiger partial charge in [-0.05, 0) is 31.9 Å². The lowest BCUT2D eigenvalue weighted by atomic mass is 9.99. The van der Waals surface area contributed by atoms with E-state index in [1.807, 2.05) is 13.8 Å². The Morgan fingerprint density at radius 3 is 2.44 bits per heavy atom. The third kappa shape index (κ3) is 3.68. The van der Waals surface area contributed by atoms with E-state index in [4.69, 9.17) is 4.74 Å². The summed E-state index contributed by atoms with van der Waals surface area (Å²) in [5, 5.41) is 19.7. The van der Waals surface area contributed by atoms with E-state index in [2.05, 4.69) is 0 Å². The topological polar surface area (TPSA) is 49.7 Å². The van der Waals surface area contributed by atoms with E-state index in [1.54, 1.807) is 6.92 Å². The van der Waals surface area contributed by atoms with Crippen LogP contribution in [-0.4, -0.2) is 22.4 Å². The summed E-state index contributed by atoms with van der Waals surface area (Å²) in [6.07, 6.45) is 0.378. The lowest BCUT2D eigenvalue weighted by molar-refractivity contribution is -0.0122. The van der Waals surface area contributed by atoms with Crippen molar-refractivity contribution in [1.82, 2.24) is 0 Å². The van der Waals surface area contributed by atoms with Gasteiger partial charge in [-0.2, -0.15) is 0 Å². The molecule has 0 bridgehead atoms. The van der Waals surface area contributed by atoms with Gasteiger partial charge >= 0.3 is 0 Å². The van der Waals surface area contributed by atoms with Gasteiger partial charge in [0.2, 0.25) is 0 Å². The van der Waals surface area contributed by atoms with Gasteiger partial charge in [-0.25, -0.2) is 4.39 Å². The van der Waals surface area contributed by atoms with Gasteiger partial charge in [0, 0.05) is 11.6 Å². The average molecular weight is 256 g/mol. The lowest BCUT2D eigenvalue weighted by Crippen LogP contribution is -2.34. The molecule has 1 rings (SSSR count). The molecule has 18 heavy (non-hydrogen) atoms. The summed E-state index contributed by atoms with van der Waals surface area (Å²) in [4.78, 5) is 0. The smallest absolute Gasteiger partial charge is 0.128 e. The molecule has 0 aliphatic rings. The number of benzene rings is 1. The molecule has 102 valence electrons. The van der Waals surface area contributed by atoms with Gasteiger partial charge in [0.1, 0.15) is 18.2 Å². The first kappa shape index (κ1) is 14.9. The average Bonchev–Trinajstić information content (AvgIpc) is 2.35. The Morgan fingerprint density at radius 1 is 1.33 bits per heavy atom. The quantitative estimate of drug-likeness (QED) is 0.822. The van der Waals surface area contributed by atoms with Crippen LogP contribution in [0.25, 0.3) is 0 Å². The molecule has 2 N–H and O–H groups in total. The number of aliphatic hydroxyl groups is 2. The van der Waals surface area contributed by atoms with E-state index in [0.29, 0.717) is 18.4 Å². The molecule has 0 amide bonds. The highest BCUT2D eigenvalue weighted by Crippen LogP contribution is 2.27. The third-order valence-corrected chi connectivity index (χ3v) is 3.24. The zero-order valence-electron chi connectivity index (χ0n) is 11.1. The minimum Gasteiger partial charge on any atom is -0.490 e. The minimum atomic E-state index is -0.914. The number of hydrogen-bond acceptors (Lipinski definition) is 3. The van der Waals surface area contributed by atoms with Crippen molar-refractivity contribution in [3.8, 4) is 5.75 Å². The molecule has 1 aromatic rings. The molecule has 0 fully saturated rings. The second-order valence-corrected chi connectivity index (χ2v) is 4.58. The predicted molar refractivity (Wildman–Crippen MR) is 68.1 cm³/mol. The molecule has 3 nitrogen and oxygen atoms in total. The summed E-state index contributed by atoms with van der Waals surface area (Å²) in [5.74, 6) is -0.142. The summed E-state index contributed by atoms with van der Waals surface area (Å²) >= 11 is 0. The fourth-order valence-corrected chi connectivity index (χ4v) is 1.64. The molecule has 1 aromatic carbocycles. The molecule has 0 heterocycles. The van der Waals surface area contributed by atoms with Crippen molar-refractivity contribution in [3.05, 3.63) is 29.6 Å². The standard InChI is InChI=1S/C14H21FO3/c1-4-14(17,5-2)9-18-13-8-11(15)6-7-12(13)10(3)16/h6-8,10,16-17H,4-5,9H2,1-3H3. The molecular weight excluding hydrogens is 235 g/mol. The predicted octanol–water partition coefficient (Wildman–Crippen LogP) is 2.81. The van der Waals surface area contributed by atoms with Crippen LogP contribution in [0.2, 0.25) is 0 Å². The summed E-state index contributed by atoms with van der Waals surface area (Å²) in [7, 11) is 0. The van der Waals surface area contributed by atoms with Crippen molar-refractivity contribution in [2.75, 3.05) is 6.61 Å². The van der Waals surface area contributed by atoms with E-state index in [0.717, 1.165) is 0 Å². The first-order valence-corrected chi connectivity index (χ1v) is 6.24. The molecule has 0 radical (unpaired) electrons. The zero-order chi connectivity index (χ0) is 13.8. The van der Waals surface area contributed by atoms with Gasteiger partial charge < -0.3 is 14.9 Å². The molecule has 0 saturated carbocycles. The van der Waals surface area contributed by atoms with Crippen molar-refractivity contribution in [1.29, 1.82) is 0 Å². The van der Waals surface area contributed by atoms with Crippen molar-refractivity contribution >= 4 is 0 Å². The van der Waals surface area contributed by atoms with Gasteiger partial charge in [0.05, 0.1) is 11.7 Å². The molecular formula is C14H21FO3.